The molecule has 3 aromatic carbocycles. The van der Waals surface area contributed by atoms with E-state index in [-0.39, 0.29) is 0 Å². The Labute approximate surface area is 152 Å². The summed E-state index contributed by atoms with van der Waals surface area (Å²) in [5, 5.41) is 10.9. The quantitative estimate of drug-likeness (QED) is 0.570. The molecule has 0 saturated carbocycles. The highest BCUT2D eigenvalue weighted by Crippen LogP contribution is 2.25. The fourth-order valence-electron chi connectivity index (χ4n) is 3.09. The first kappa shape index (κ1) is 16.4. The lowest BCUT2D eigenvalue weighted by atomic mass is 10.1. The van der Waals surface area contributed by atoms with Crippen LogP contribution in [0, 0.1) is 0 Å². The number of aliphatic hydroxyl groups excluding tert-OH is 1. The molecule has 0 aliphatic heterocycles. The van der Waals surface area contributed by atoms with Crippen molar-refractivity contribution in [1.29, 1.82) is 0 Å². The van der Waals surface area contributed by atoms with Crippen LogP contribution in [0.2, 0.25) is 0 Å². The van der Waals surface area contributed by atoms with Gasteiger partial charge in [0.05, 0.1) is 17.6 Å². The minimum Gasteiger partial charge on any atom is -0.492 e. The van der Waals surface area contributed by atoms with Crippen LogP contribution in [0.25, 0.3) is 11.0 Å². The molecular formula is C22H20N2O2. The van der Waals surface area contributed by atoms with E-state index in [1.54, 1.807) is 0 Å². The van der Waals surface area contributed by atoms with Gasteiger partial charge in [-0.1, -0.05) is 60.7 Å². The van der Waals surface area contributed by atoms with Crippen molar-refractivity contribution in [1.82, 2.24) is 9.55 Å². The van der Waals surface area contributed by atoms with Crippen LogP contribution in [0.3, 0.4) is 0 Å². The van der Waals surface area contributed by atoms with E-state index in [9.17, 15) is 5.11 Å². The molecule has 0 bridgehead atoms. The van der Waals surface area contributed by atoms with E-state index in [2.05, 4.69) is 4.98 Å². The first-order chi connectivity index (χ1) is 12.8. The maximum atomic E-state index is 10.9. The third kappa shape index (κ3) is 3.32. The molecule has 0 fully saturated rings. The monoisotopic (exact) mass is 344 g/mol. The second kappa shape index (κ2) is 7.42. The zero-order valence-corrected chi connectivity index (χ0v) is 14.3. The van der Waals surface area contributed by atoms with Gasteiger partial charge in [-0.3, -0.25) is 0 Å². The molecule has 0 unspecified atom stereocenters. The Morgan fingerprint density at radius 2 is 1.50 bits per heavy atom. The molecule has 4 heteroatoms. The Hall–Kier alpha value is -3.11. The maximum absolute atomic E-state index is 10.9. The third-order valence-corrected chi connectivity index (χ3v) is 4.37. The van der Waals surface area contributed by atoms with Crippen LogP contribution in [0.4, 0.5) is 0 Å². The Bertz CT molecular complexity index is 981. The minimum atomic E-state index is -0.777. The van der Waals surface area contributed by atoms with Gasteiger partial charge in [-0.25, -0.2) is 4.98 Å². The lowest BCUT2D eigenvalue weighted by Crippen LogP contribution is -2.14. The average Bonchev–Trinajstić information content (AvgIpc) is 3.08. The predicted octanol–water partition coefficient (Wildman–Crippen LogP) is 4.20. The molecule has 0 aliphatic rings. The van der Waals surface area contributed by atoms with Crippen LogP contribution < -0.4 is 4.74 Å². The zero-order chi connectivity index (χ0) is 17.8. The van der Waals surface area contributed by atoms with Gasteiger partial charge in [0.15, 0.2) is 0 Å². The van der Waals surface area contributed by atoms with Gasteiger partial charge >= 0.3 is 0 Å². The number of aliphatic hydroxyl groups is 1. The van der Waals surface area contributed by atoms with Crippen molar-refractivity contribution in [2.75, 3.05) is 6.61 Å². The molecule has 26 heavy (non-hydrogen) atoms. The van der Waals surface area contributed by atoms with E-state index in [1.807, 2.05) is 89.5 Å². The number of para-hydroxylation sites is 3. The van der Waals surface area contributed by atoms with Gasteiger partial charge in [0, 0.05) is 0 Å². The van der Waals surface area contributed by atoms with Crippen molar-refractivity contribution in [3.05, 3.63) is 96.3 Å². The summed E-state index contributed by atoms with van der Waals surface area (Å²) in [5.74, 6) is 1.47. The number of imidazole rings is 1. The molecule has 0 amide bonds. The summed E-state index contributed by atoms with van der Waals surface area (Å²) in [7, 11) is 0. The normalized spacial score (nSPS) is 12.2. The zero-order valence-electron chi connectivity index (χ0n) is 14.3. The Balaban J connectivity index is 1.63. The van der Waals surface area contributed by atoms with Crippen molar-refractivity contribution in [3.8, 4) is 5.75 Å². The largest absolute Gasteiger partial charge is 0.492 e. The summed E-state index contributed by atoms with van der Waals surface area (Å²) in [4.78, 5) is 4.67. The van der Waals surface area contributed by atoms with Crippen LogP contribution in [-0.4, -0.2) is 21.3 Å². The van der Waals surface area contributed by atoms with Crippen molar-refractivity contribution >= 4 is 11.0 Å². The molecule has 130 valence electrons. The Morgan fingerprint density at radius 1 is 0.846 bits per heavy atom. The smallest absolute Gasteiger partial charge is 0.143 e. The molecule has 0 saturated heterocycles. The van der Waals surface area contributed by atoms with Gasteiger partial charge in [0.2, 0.25) is 0 Å². The van der Waals surface area contributed by atoms with E-state index < -0.39 is 6.10 Å². The number of benzene rings is 3. The van der Waals surface area contributed by atoms with Crippen molar-refractivity contribution in [3.63, 3.8) is 0 Å². The summed E-state index contributed by atoms with van der Waals surface area (Å²) in [5.41, 5.74) is 2.69. The average molecular weight is 344 g/mol. The summed E-state index contributed by atoms with van der Waals surface area (Å²) >= 11 is 0. The van der Waals surface area contributed by atoms with Crippen molar-refractivity contribution in [2.45, 2.75) is 12.6 Å². The van der Waals surface area contributed by atoms with Crippen LogP contribution in [0.1, 0.15) is 17.5 Å². The molecule has 4 rings (SSSR count). The molecule has 0 radical (unpaired) electrons. The highest BCUT2D eigenvalue weighted by molar-refractivity contribution is 5.76. The summed E-state index contributed by atoms with van der Waals surface area (Å²) in [6, 6.07) is 27.3. The van der Waals surface area contributed by atoms with E-state index in [0.29, 0.717) is 19.0 Å². The first-order valence-corrected chi connectivity index (χ1v) is 8.69. The van der Waals surface area contributed by atoms with E-state index in [4.69, 9.17) is 4.74 Å². The second-order valence-corrected chi connectivity index (χ2v) is 6.09. The number of rotatable bonds is 6. The van der Waals surface area contributed by atoms with Gasteiger partial charge in [0.25, 0.3) is 0 Å². The molecule has 1 atom stereocenters. The van der Waals surface area contributed by atoms with Gasteiger partial charge in [0.1, 0.15) is 24.3 Å². The topological polar surface area (TPSA) is 47.3 Å². The first-order valence-electron chi connectivity index (χ1n) is 8.69. The SMILES string of the molecule is O[C@H](c1ccccc1)c1nc2ccccc2n1CCOc1ccccc1. The molecule has 4 nitrogen and oxygen atoms in total. The fraction of sp³-hybridized carbons (Fsp3) is 0.136. The summed E-state index contributed by atoms with van der Waals surface area (Å²) in [6.07, 6.45) is -0.777. The van der Waals surface area contributed by atoms with Gasteiger partial charge in [-0.05, 0) is 29.8 Å². The van der Waals surface area contributed by atoms with E-state index in [0.717, 1.165) is 22.3 Å². The maximum Gasteiger partial charge on any atom is 0.143 e. The molecule has 1 heterocycles. The molecular weight excluding hydrogens is 324 g/mol. The Morgan fingerprint density at radius 3 is 2.27 bits per heavy atom. The van der Waals surface area contributed by atoms with E-state index >= 15 is 0 Å². The van der Waals surface area contributed by atoms with Crippen LogP contribution >= 0.6 is 0 Å². The van der Waals surface area contributed by atoms with Crippen LogP contribution in [-0.2, 0) is 6.54 Å². The van der Waals surface area contributed by atoms with Gasteiger partial charge in [-0.15, -0.1) is 0 Å². The standard InChI is InChI=1S/C22H20N2O2/c25-21(17-9-3-1-4-10-17)22-23-19-13-7-8-14-20(19)24(22)15-16-26-18-11-5-2-6-12-18/h1-14,21,25H,15-16H2/t21-/m1/s1. The lowest BCUT2D eigenvalue weighted by molar-refractivity contribution is 0.201. The molecule has 0 spiro atoms. The van der Waals surface area contributed by atoms with Crippen LogP contribution in [0.15, 0.2) is 84.9 Å². The highest BCUT2D eigenvalue weighted by Gasteiger charge is 2.19. The summed E-state index contributed by atoms with van der Waals surface area (Å²) < 4.78 is 7.88. The van der Waals surface area contributed by atoms with Crippen molar-refractivity contribution < 1.29 is 9.84 Å². The Kier molecular flexibility index (Phi) is 4.67. The third-order valence-electron chi connectivity index (χ3n) is 4.37. The number of aromatic nitrogens is 2. The minimum absolute atomic E-state index is 0.499. The fourth-order valence-corrected chi connectivity index (χ4v) is 3.09. The van der Waals surface area contributed by atoms with Crippen molar-refractivity contribution in [2.24, 2.45) is 0 Å². The lowest BCUT2D eigenvalue weighted by Gasteiger charge is -2.15. The summed E-state index contributed by atoms with van der Waals surface area (Å²) in [6.45, 7) is 1.10. The molecule has 4 aromatic rings. The number of hydrogen-bond donors (Lipinski definition) is 1. The van der Waals surface area contributed by atoms with Crippen LogP contribution in [0.5, 0.6) is 5.75 Å². The molecule has 1 N–H and O–H groups in total. The number of hydrogen-bond acceptors (Lipinski definition) is 3. The number of ether oxygens (including phenoxy) is 1. The highest BCUT2D eigenvalue weighted by atomic mass is 16.5. The number of fused-ring (bicyclic) bond motifs is 1. The second-order valence-electron chi connectivity index (χ2n) is 6.09. The number of nitrogens with zero attached hydrogens (tertiary/aromatic N) is 2. The van der Waals surface area contributed by atoms with Gasteiger partial charge < -0.3 is 14.4 Å². The van der Waals surface area contributed by atoms with Gasteiger partial charge in [-0.2, -0.15) is 0 Å². The molecule has 0 aliphatic carbocycles. The predicted molar refractivity (Wildman–Crippen MR) is 102 cm³/mol. The van der Waals surface area contributed by atoms with E-state index in [1.165, 1.54) is 0 Å². The molecule has 1 aromatic heterocycles.